The Morgan fingerprint density at radius 2 is 1.74 bits per heavy atom. The summed E-state index contributed by atoms with van der Waals surface area (Å²) in [7, 11) is 1.54. The Balaban J connectivity index is 1.56. The molecule has 2 aliphatic rings. The van der Waals surface area contributed by atoms with Gasteiger partial charge in [-0.3, -0.25) is 4.90 Å². The van der Waals surface area contributed by atoms with Crippen molar-refractivity contribution in [1.82, 2.24) is 15.1 Å². The highest BCUT2D eigenvalue weighted by atomic mass is 28.3. The summed E-state index contributed by atoms with van der Waals surface area (Å²) in [6.07, 6.45) is 0.227. The first-order valence-electron chi connectivity index (χ1n) is 16.6. The Hall–Kier alpha value is -3.16. The van der Waals surface area contributed by atoms with Gasteiger partial charge in [0.05, 0.1) is 17.8 Å². The number of nitrogens with zero attached hydrogens (tertiary/aromatic N) is 4. The molecule has 4 atom stereocenters. The van der Waals surface area contributed by atoms with E-state index in [1.807, 2.05) is 63.1 Å². The van der Waals surface area contributed by atoms with Crippen molar-refractivity contribution in [3.8, 4) is 28.5 Å². The van der Waals surface area contributed by atoms with Gasteiger partial charge < -0.3 is 19.1 Å². The molecular weight excluding hydrogens is 600 g/mol. The molecule has 3 heterocycles. The van der Waals surface area contributed by atoms with Crippen LogP contribution in [0.4, 0.5) is 15.0 Å². The van der Waals surface area contributed by atoms with E-state index in [2.05, 4.69) is 63.2 Å². The lowest BCUT2D eigenvalue weighted by atomic mass is 9.94. The van der Waals surface area contributed by atoms with Crippen molar-refractivity contribution in [1.29, 1.82) is 0 Å². The smallest absolute Gasteiger partial charge is 0.410 e. The Labute approximate surface area is 276 Å². The number of rotatable bonds is 9. The zero-order valence-electron chi connectivity index (χ0n) is 29.6. The number of ether oxygens (including phenoxy) is 3. The average molecular weight is 653 g/mol. The van der Waals surface area contributed by atoms with Crippen molar-refractivity contribution in [2.75, 3.05) is 25.9 Å². The molecule has 0 spiro atoms. The highest BCUT2D eigenvalue weighted by molar-refractivity contribution is 6.90. The molecule has 0 aliphatic carbocycles. The minimum atomic E-state index is -1.90. The third-order valence-corrected chi connectivity index (χ3v) is 16.1. The maximum Gasteiger partial charge on any atom is 0.410 e. The second-order valence-electron chi connectivity index (χ2n) is 14.7. The quantitative estimate of drug-likeness (QED) is 0.154. The number of amides is 1. The zero-order valence-corrected chi connectivity index (χ0v) is 30.6. The number of carbonyl (C=O) groups excluding carboxylic acids is 1. The number of halogens is 1. The van der Waals surface area contributed by atoms with E-state index in [0.717, 1.165) is 17.5 Å². The molecule has 2 fully saturated rings. The molecule has 252 valence electrons. The molecule has 10 heteroatoms. The van der Waals surface area contributed by atoms with E-state index in [1.165, 1.54) is 0 Å². The first kappa shape index (κ1) is 35.7. The lowest BCUT2D eigenvalue weighted by Gasteiger charge is -2.44. The van der Waals surface area contributed by atoms with Crippen LogP contribution in [0.15, 0.2) is 30.3 Å². The van der Waals surface area contributed by atoms with Crippen molar-refractivity contribution < 1.29 is 23.4 Å². The van der Waals surface area contributed by atoms with E-state index in [9.17, 15) is 4.79 Å². The van der Waals surface area contributed by atoms with Crippen molar-refractivity contribution in [2.24, 2.45) is 0 Å². The summed E-state index contributed by atoms with van der Waals surface area (Å²) in [5.41, 5.74) is 7.07. The predicted octanol–water partition coefficient (Wildman–Crippen LogP) is 8.01. The fraction of sp³-hybridized carbons (Fsp3) is 0.639. The van der Waals surface area contributed by atoms with Gasteiger partial charge in [0.2, 0.25) is 0 Å². The highest BCUT2D eigenvalue weighted by Gasteiger charge is 2.52. The number of hydrogen-bond donors (Lipinski definition) is 0. The molecule has 2 aliphatic heterocycles. The molecule has 1 aromatic heterocycles. The second-order valence-corrected chi connectivity index (χ2v) is 20.3. The van der Waals surface area contributed by atoms with E-state index in [-0.39, 0.29) is 12.8 Å². The third kappa shape index (κ3) is 7.36. The molecule has 1 amide bonds. The maximum atomic E-state index is 16.0. The summed E-state index contributed by atoms with van der Waals surface area (Å²) in [5, 5.41) is 9.03. The van der Waals surface area contributed by atoms with Gasteiger partial charge in [0.15, 0.2) is 12.6 Å². The molecule has 2 aromatic rings. The van der Waals surface area contributed by atoms with Crippen LogP contribution in [0.25, 0.3) is 11.3 Å². The van der Waals surface area contributed by atoms with E-state index in [1.54, 1.807) is 12.0 Å². The summed E-state index contributed by atoms with van der Waals surface area (Å²) in [4.78, 5) is 16.4. The first-order valence-corrected chi connectivity index (χ1v) is 18.8. The third-order valence-electron chi connectivity index (χ3n) is 9.79. The van der Waals surface area contributed by atoms with E-state index >= 15 is 4.39 Å². The van der Waals surface area contributed by atoms with E-state index in [0.29, 0.717) is 46.7 Å². The van der Waals surface area contributed by atoms with Crippen LogP contribution in [0.5, 0.6) is 5.75 Å². The lowest BCUT2D eigenvalue weighted by Crippen LogP contribution is -2.59. The van der Waals surface area contributed by atoms with Crippen molar-refractivity contribution in [3.05, 3.63) is 35.9 Å². The standard InChI is InChI=1S/C36H53FN4O4Si/c1-23(2)46(24(3)4,25(5)6)19-18-26-12-14-28(32(20-26)44-22-43-11)29-15-17-33(39-38-29)40(10)31-21-27-13-16-30(34(31)37)41(27)35(42)45-36(7,8)9/h12,14-15,17,20,23-25,27,30-31,34H,13,16,21-22H2,1-11H3/t27-,30+,31-,34+/m1/s1. The van der Waals surface area contributed by atoms with Gasteiger partial charge in [0.1, 0.15) is 25.6 Å². The summed E-state index contributed by atoms with van der Waals surface area (Å²) in [6.45, 7) is 19.4. The molecule has 8 nitrogen and oxygen atoms in total. The molecule has 4 rings (SSSR count). The normalized spacial score (nSPS) is 21.4. The summed E-state index contributed by atoms with van der Waals surface area (Å²) >= 11 is 0. The van der Waals surface area contributed by atoms with Crippen LogP contribution < -0.4 is 9.64 Å². The minimum absolute atomic E-state index is 0.0666. The zero-order chi connectivity index (χ0) is 34.0. The van der Waals surface area contributed by atoms with Gasteiger partial charge in [-0.05, 0) is 87.0 Å². The number of anilines is 1. The Morgan fingerprint density at radius 3 is 2.30 bits per heavy atom. The van der Waals surface area contributed by atoms with Crippen LogP contribution >= 0.6 is 0 Å². The molecular formula is C36H53FN4O4Si. The summed E-state index contributed by atoms with van der Waals surface area (Å²) < 4.78 is 32.8. The van der Waals surface area contributed by atoms with Crippen molar-refractivity contribution >= 4 is 20.0 Å². The molecule has 2 bridgehead atoms. The molecule has 0 radical (unpaired) electrons. The molecule has 1 aromatic carbocycles. The maximum absolute atomic E-state index is 16.0. The topological polar surface area (TPSA) is 77.0 Å². The molecule has 0 saturated carbocycles. The number of benzene rings is 1. The highest BCUT2D eigenvalue weighted by Crippen LogP contribution is 2.42. The average Bonchev–Trinajstić information content (AvgIpc) is 3.33. The van der Waals surface area contributed by atoms with Gasteiger partial charge in [-0.25, -0.2) is 9.18 Å². The van der Waals surface area contributed by atoms with Crippen molar-refractivity contribution in [3.63, 3.8) is 0 Å². The van der Waals surface area contributed by atoms with Crippen LogP contribution in [0, 0.1) is 11.5 Å². The van der Waals surface area contributed by atoms with Gasteiger partial charge in [0.25, 0.3) is 0 Å². The van der Waals surface area contributed by atoms with Gasteiger partial charge in [-0.1, -0.05) is 47.5 Å². The Kier molecular flexibility index (Phi) is 11.1. The number of hydrogen-bond acceptors (Lipinski definition) is 7. The SMILES string of the molecule is COCOc1cc(C#C[Si](C(C)C)(C(C)C)C(C)C)ccc1-c1ccc(N(C)[C@@H]2C[C@H]3CC[C@@H]([C@@H]2F)N3C(=O)OC(C)(C)C)nn1. The monoisotopic (exact) mass is 652 g/mol. The second kappa shape index (κ2) is 14.3. The molecule has 46 heavy (non-hydrogen) atoms. The van der Waals surface area contributed by atoms with Crippen LogP contribution in [0.3, 0.4) is 0 Å². The van der Waals surface area contributed by atoms with Gasteiger partial charge in [-0.2, -0.15) is 0 Å². The predicted molar refractivity (Wildman–Crippen MR) is 184 cm³/mol. The molecule has 2 saturated heterocycles. The first-order chi connectivity index (χ1) is 21.6. The number of aromatic nitrogens is 2. The number of methoxy groups -OCH3 is 1. The van der Waals surface area contributed by atoms with E-state index in [4.69, 9.17) is 14.2 Å². The van der Waals surface area contributed by atoms with Gasteiger partial charge in [-0.15, -0.1) is 15.7 Å². The fourth-order valence-corrected chi connectivity index (χ4v) is 12.8. The number of piperidine rings is 1. The largest absolute Gasteiger partial charge is 0.467 e. The summed E-state index contributed by atoms with van der Waals surface area (Å²) in [5.74, 6) is 4.69. The molecule has 0 unspecified atom stereocenters. The van der Waals surface area contributed by atoms with Crippen molar-refractivity contribution in [2.45, 2.75) is 128 Å². The summed E-state index contributed by atoms with van der Waals surface area (Å²) in [6, 6.07) is 8.66. The van der Waals surface area contributed by atoms with Crippen LogP contribution in [0.2, 0.25) is 16.6 Å². The Morgan fingerprint density at radius 1 is 1.07 bits per heavy atom. The fourth-order valence-electron chi connectivity index (χ4n) is 7.59. The van der Waals surface area contributed by atoms with Gasteiger partial charge >= 0.3 is 6.09 Å². The Bertz CT molecular complexity index is 1390. The minimum Gasteiger partial charge on any atom is -0.467 e. The van der Waals surface area contributed by atoms with Crippen LogP contribution in [0.1, 0.15) is 87.1 Å². The van der Waals surface area contributed by atoms with Crippen LogP contribution in [-0.2, 0) is 9.47 Å². The number of carbonyl (C=O) groups is 1. The molecule has 0 N–H and O–H groups in total. The van der Waals surface area contributed by atoms with Crippen LogP contribution in [-0.4, -0.2) is 80.1 Å². The van der Waals surface area contributed by atoms with E-state index < -0.39 is 38.0 Å². The lowest BCUT2D eigenvalue weighted by molar-refractivity contribution is -0.0104. The number of alkyl halides is 1. The number of fused-ring (bicyclic) bond motifs is 2. The van der Waals surface area contributed by atoms with Gasteiger partial charge in [0, 0.05) is 31.3 Å².